The Bertz CT molecular complexity index is 512. The van der Waals surface area contributed by atoms with Crippen molar-refractivity contribution in [1.29, 1.82) is 0 Å². The summed E-state index contributed by atoms with van der Waals surface area (Å²) in [5, 5.41) is 0. The van der Waals surface area contributed by atoms with Crippen LogP contribution in [0, 0.1) is 5.92 Å². The van der Waals surface area contributed by atoms with E-state index in [0.29, 0.717) is 0 Å². The quantitative estimate of drug-likeness (QED) is 0.832. The molecule has 1 unspecified atom stereocenters. The Hall–Kier alpha value is -1.42. The van der Waals surface area contributed by atoms with Crippen molar-refractivity contribution in [3.63, 3.8) is 0 Å². The van der Waals surface area contributed by atoms with Crippen LogP contribution < -0.4 is 5.73 Å². The SMILES string of the molecule is CCCC(CCN)CCc1nc2cccnc2n1C. The van der Waals surface area contributed by atoms with Gasteiger partial charge in [0.15, 0.2) is 5.65 Å². The highest BCUT2D eigenvalue weighted by Gasteiger charge is 2.12. The first-order valence-electron chi connectivity index (χ1n) is 7.22. The van der Waals surface area contributed by atoms with Gasteiger partial charge in [-0.3, -0.25) is 0 Å². The molecule has 0 saturated heterocycles. The lowest BCUT2D eigenvalue weighted by Gasteiger charge is -2.14. The third-order valence-electron chi connectivity index (χ3n) is 3.77. The Balaban J connectivity index is 2.06. The number of aromatic nitrogens is 3. The molecule has 19 heavy (non-hydrogen) atoms. The highest BCUT2D eigenvalue weighted by atomic mass is 15.1. The third kappa shape index (κ3) is 3.32. The summed E-state index contributed by atoms with van der Waals surface area (Å²) in [6.07, 6.45) is 7.62. The molecule has 0 aliphatic carbocycles. The predicted molar refractivity (Wildman–Crippen MR) is 78.9 cm³/mol. The number of nitrogens with two attached hydrogens (primary N) is 1. The maximum Gasteiger partial charge on any atom is 0.159 e. The van der Waals surface area contributed by atoms with Gasteiger partial charge in [-0.1, -0.05) is 19.8 Å². The lowest BCUT2D eigenvalue weighted by atomic mass is 9.94. The summed E-state index contributed by atoms with van der Waals surface area (Å²) in [7, 11) is 2.05. The van der Waals surface area contributed by atoms with Crippen molar-refractivity contribution in [2.24, 2.45) is 18.7 Å². The molecule has 4 nitrogen and oxygen atoms in total. The van der Waals surface area contributed by atoms with Crippen molar-refractivity contribution >= 4 is 11.2 Å². The van der Waals surface area contributed by atoms with Crippen LogP contribution in [0.4, 0.5) is 0 Å². The van der Waals surface area contributed by atoms with Crippen LogP contribution in [-0.4, -0.2) is 21.1 Å². The molecule has 0 aliphatic heterocycles. The monoisotopic (exact) mass is 260 g/mol. The minimum atomic E-state index is 0.725. The number of rotatable bonds is 7. The minimum absolute atomic E-state index is 0.725. The summed E-state index contributed by atoms with van der Waals surface area (Å²) in [6, 6.07) is 3.96. The lowest BCUT2D eigenvalue weighted by molar-refractivity contribution is 0.416. The molecule has 0 aliphatic rings. The van der Waals surface area contributed by atoms with Crippen molar-refractivity contribution in [2.45, 2.75) is 39.0 Å². The average molecular weight is 260 g/mol. The number of fused-ring (bicyclic) bond motifs is 1. The van der Waals surface area contributed by atoms with E-state index < -0.39 is 0 Å². The maximum atomic E-state index is 5.69. The second kappa shape index (κ2) is 6.66. The van der Waals surface area contributed by atoms with Crippen LogP contribution in [0.15, 0.2) is 18.3 Å². The molecule has 2 aromatic heterocycles. The summed E-state index contributed by atoms with van der Waals surface area (Å²) in [5.74, 6) is 1.86. The van der Waals surface area contributed by atoms with Gasteiger partial charge in [0.2, 0.25) is 0 Å². The topological polar surface area (TPSA) is 56.7 Å². The molecule has 0 radical (unpaired) electrons. The molecule has 2 aromatic rings. The molecular formula is C15H24N4. The standard InChI is InChI=1S/C15H24N4/c1-3-5-12(9-10-16)7-8-14-18-13-6-4-11-17-15(13)19(14)2/h4,6,11-12H,3,5,7-10,16H2,1-2H3. The predicted octanol–water partition coefficient (Wildman–Crippen LogP) is 2.67. The molecule has 2 rings (SSSR count). The zero-order chi connectivity index (χ0) is 13.7. The fraction of sp³-hybridized carbons (Fsp3) is 0.600. The molecule has 2 N–H and O–H groups in total. The molecule has 0 saturated carbocycles. The van der Waals surface area contributed by atoms with Gasteiger partial charge < -0.3 is 10.3 Å². The number of aryl methyl sites for hydroxylation is 2. The van der Waals surface area contributed by atoms with Crippen molar-refractivity contribution < 1.29 is 0 Å². The largest absolute Gasteiger partial charge is 0.330 e. The van der Waals surface area contributed by atoms with Crippen LogP contribution in [0.3, 0.4) is 0 Å². The molecule has 104 valence electrons. The zero-order valence-corrected chi connectivity index (χ0v) is 12.0. The molecule has 0 spiro atoms. The Morgan fingerprint density at radius 3 is 2.84 bits per heavy atom. The van der Waals surface area contributed by atoms with E-state index in [0.717, 1.165) is 42.3 Å². The van der Waals surface area contributed by atoms with Crippen LogP contribution in [0.1, 0.15) is 38.4 Å². The molecule has 1 atom stereocenters. The second-order valence-corrected chi connectivity index (χ2v) is 5.20. The Kier molecular flexibility index (Phi) is 4.91. The van der Waals surface area contributed by atoms with Crippen molar-refractivity contribution in [3.8, 4) is 0 Å². The van der Waals surface area contributed by atoms with Crippen LogP contribution >= 0.6 is 0 Å². The Morgan fingerprint density at radius 1 is 1.32 bits per heavy atom. The van der Waals surface area contributed by atoms with Crippen molar-refractivity contribution in [1.82, 2.24) is 14.5 Å². The first-order chi connectivity index (χ1) is 9.26. The van der Waals surface area contributed by atoms with Gasteiger partial charge in [-0.2, -0.15) is 0 Å². The second-order valence-electron chi connectivity index (χ2n) is 5.20. The number of imidazole rings is 1. The molecule has 0 bridgehead atoms. The van der Waals surface area contributed by atoms with Gasteiger partial charge in [-0.15, -0.1) is 0 Å². The fourth-order valence-electron chi connectivity index (χ4n) is 2.70. The Labute approximate surface area is 115 Å². The van der Waals surface area contributed by atoms with E-state index in [2.05, 4.69) is 28.5 Å². The average Bonchev–Trinajstić information content (AvgIpc) is 2.74. The van der Waals surface area contributed by atoms with E-state index in [1.807, 2.05) is 18.3 Å². The van der Waals surface area contributed by atoms with Gasteiger partial charge in [-0.25, -0.2) is 9.97 Å². The minimum Gasteiger partial charge on any atom is -0.330 e. The summed E-state index contributed by atoms with van der Waals surface area (Å²) >= 11 is 0. The van der Waals surface area contributed by atoms with E-state index in [-0.39, 0.29) is 0 Å². The maximum absolute atomic E-state index is 5.69. The smallest absolute Gasteiger partial charge is 0.159 e. The summed E-state index contributed by atoms with van der Waals surface area (Å²) in [5.41, 5.74) is 7.66. The van der Waals surface area contributed by atoms with Gasteiger partial charge >= 0.3 is 0 Å². The van der Waals surface area contributed by atoms with E-state index in [9.17, 15) is 0 Å². The fourth-order valence-corrected chi connectivity index (χ4v) is 2.70. The van der Waals surface area contributed by atoms with Crippen molar-refractivity contribution in [3.05, 3.63) is 24.2 Å². The first kappa shape index (κ1) is 14.0. The summed E-state index contributed by atoms with van der Waals surface area (Å²) < 4.78 is 2.11. The Morgan fingerprint density at radius 2 is 2.16 bits per heavy atom. The molecule has 2 heterocycles. The van der Waals surface area contributed by atoms with E-state index in [1.165, 1.54) is 19.3 Å². The van der Waals surface area contributed by atoms with Gasteiger partial charge in [0.25, 0.3) is 0 Å². The molecule has 0 amide bonds. The van der Waals surface area contributed by atoms with E-state index >= 15 is 0 Å². The molecular weight excluding hydrogens is 236 g/mol. The highest BCUT2D eigenvalue weighted by molar-refractivity contribution is 5.70. The molecule has 0 fully saturated rings. The first-order valence-corrected chi connectivity index (χ1v) is 7.22. The van der Waals surface area contributed by atoms with Gasteiger partial charge in [0.1, 0.15) is 11.3 Å². The van der Waals surface area contributed by atoms with Crippen LogP contribution in [0.25, 0.3) is 11.2 Å². The summed E-state index contributed by atoms with van der Waals surface area (Å²) in [4.78, 5) is 9.06. The highest BCUT2D eigenvalue weighted by Crippen LogP contribution is 2.19. The zero-order valence-electron chi connectivity index (χ0n) is 12.0. The van der Waals surface area contributed by atoms with Gasteiger partial charge in [0.05, 0.1) is 0 Å². The van der Waals surface area contributed by atoms with Gasteiger partial charge in [0, 0.05) is 19.7 Å². The lowest BCUT2D eigenvalue weighted by Crippen LogP contribution is -2.11. The van der Waals surface area contributed by atoms with Crippen LogP contribution in [0.5, 0.6) is 0 Å². The third-order valence-corrected chi connectivity index (χ3v) is 3.77. The molecule has 4 heteroatoms. The number of nitrogens with zero attached hydrogens (tertiary/aromatic N) is 3. The summed E-state index contributed by atoms with van der Waals surface area (Å²) in [6.45, 7) is 3.03. The van der Waals surface area contributed by atoms with Crippen LogP contribution in [0.2, 0.25) is 0 Å². The number of hydrogen-bond acceptors (Lipinski definition) is 3. The number of pyridine rings is 1. The number of hydrogen-bond donors (Lipinski definition) is 1. The molecule has 0 aromatic carbocycles. The van der Waals surface area contributed by atoms with Gasteiger partial charge in [-0.05, 0) is 37.4 Å². The van der Waals surface area contributed by atoms with E-state index in [1.54, 1.807) is 0 Å². The van der Waals surface area contributed by atoms with Crippen LogP contribution in [-0.2, 0) is 13.5 Å². The van der Waals surface area contributed by atoms with Crippen molar-refractivity contribution in [2.75, 3.05) is 6.54 Å². The van der Waals surface area contributed by atoms with E-state index in [4.69, 9.17) is 5.73 Å². The normalized spacial score (nSPS) is 13.0.